The Morgan fingerprint density at radius 1 is 0.732 bits per heavy atom. The summed E-state index contributed by atoms with van der Waals surface area (Å²) in [6.07, 6.45) is -0.381. The molecule has 0 unspecified atom stereocenters. The Hall–Kier alpha value is -4.86. The summed E-state index contributed by atoms with van der Waals surface area (Å²) >= 11 is 0. The highest BCUT2D eigenvalue weighted by Gasteiger charge is 2.28. The van der Waals surface area contributed by atoms with Crippen LogP contribution in [-0.4, -0.2) is 70.5 Å². The van der Waals surface area contributed by atoms with Gasteiger partial charge in [-0.3, -0.25) is 14.4 Å². The Balaban J connectivity index is 1.39. The number of aromatic hydroxyl groups is 1. The largest absolute Gasteiger partial charge is 0.508 e. The van der Waals surface area contributed by atoms with E-state index in [9.17, 15) is 24.3 Å². The maximum absolute atomic E-state index is 13.1. The van der Waals surface area contributed by atoms with Gasteiger partial charge in [0.25, 0.3) is 11.8 Å². The Bertz CT molecular complexity index is 1440. The standard InChI is InChI=1S/C31H34N4O6/c1-20(36)32-25-9-11-26(12-10-25)33-28(38)24-17-23(18-27(37)19-24)21-5-7-22(8-6-21)29(39)34-13-15-35(16-14-34)30(40)41-31(2,3)4/h5-12,17-19,37H,13-16H2,1-4H3,(H,32,36)(H,33,38). The molecule has 41 heavy (non-hydrogen) atoms. The number of rotatable bonds is 5. The molecular formula is C31H34N4O6. The topological polar surface area (TPSA) is 128 Å². The lowest BCUT2D eigenvalue weighted by Gasteiger charge is -2.35. The third-order valence-electron chi connectivity index (χ3n) is 6.33. The molecule has 214 valence electrons. The van der Waals surface area contributed by atoms with Crippen LogP contribution in [0.2, 0.25) is 0 Å². The summed E-state index contributed by atoms with van der Waals surface area (Å²) in [6, 6.07) is 18.2. The third-order valence-corrected chi connectivity index (χ3v) is 6.33. The summed E-state index contributed by atoms with van der Waals surface area (Å²) in [7, 11) is 0. The minimum Gasteiger partial charge on any atom is -0.508 e. The first-order chi connectivity index (χ1) is 19.4. The van der Waals surface area contributed by atoms with Gasteiger partial charge in [0, 0.05) is 55.6 Å². The maximum atomic E-state index is 13.1. The number of anilines is 2. The molecular weight excluding hydrogens is 524 g/mol. The van der Waals surface area contributed by atoms with Crippen molar-refractivity contribution in [1.29, 1.82) is 0 Å². The summed E-state index contributed by atoms with van der Waals surface area (Å²) in [5, 5.41) is 15.8. The van der Waals surface area contributed by atoms with Crippen molar-refractivity contribution in [3.8, 4) is 16.9 Å². The van der Waals surface area contributed by atoms with E-state index in [1.807, 2.05) is 20.8 Å². The van der Waals surface area contributed by atoms with E-state index < -0.39 is 11.5 Å². The fourth-order valence-electron chi connectivity index (χ4n) is 4.36. The SMILES string of the molecule is CC(=O)Nc1ccc(NC(=O)c2cc(O)cc(-c3ccc(C(=O)N4CCN(C(=O)OC(C)(C)C)CC4)cc3)c2)cc1. The van der Waals surface area contributed by atoms with Crippen LogP contribution in [0, 0.1) is 0 Å². The van der Waals surface area contributed by atoms with Gasteiger partial charge < -0.3 is 30.3 Å². The number of phenols is 1. The number of hydrogen-bond donors (Lipinski definition) is 3. The molecule has 0 bridgehead atoms. The lowest BCUT2D eigenvalue weighted by atomic mass is 10.0. The monoisotopic (exact) mass is 558 g/mol. The summed E-state index contributed by atoms with van der Waals surface area (Å²) in [5.74, 6) is -0.811. The molecule has 0 saturated carbocycles. The average molecular weight is 559 g/mol. The highest BCUT2D eigenvalue weighted by molar-refractivity contribution is 6.05. The molecule has 0 aliphatic carbocycles. The molecule has 1 aliphatic heterocycles. The number of amides is 4. The normalized spacial score (nSPS) is 13.4. The van der Waals surface area contributed by atoms with Crippen LogP contribution < -0.4 is 10.6 Å². The van der Waals surface area contributed by atoms with E-state index in [2.05, 4.69) is 10.6 Å². The van der Waals surface area contributed by atoms with Gasteiger partial charge in [-0.15, -0.1) is 0 Å². The molecule has 4 rings (SSSR count). The number of nitrogens with one attached hydrogen (secondary N) is 2. The number of carbonyl (C=O) groups is 4. The van der Waals surface area contributed by atoms with Gasteiger partial charge in [0.2, 0.25) is 5.91 Å². The van der Waals surface area contributed by atoms with Gasteiger partial charge in [-0.2, -0.15) is 0 Å². The van der Waals surface area contributed by atoms with Crippen LogP contribution in [0.3, 0.4) is 0 Å². The van der Waals surface area contributed by atoms with Crippen molar-refractivity contribution >= 4 is 35.2 Å². The first kappa shape index (κ1) is 29.1. The molecule has 0 aromatic heterocycles. The number of benzene rings is 3. The van der Waals surface area contributed by atoms with E-state index in [-0.39, 0.29) is 29.2 Å². The molecule has 1 fully saturated rings. The van der Waals surface area contributed by atoms with Crippen LogP contribution in [0.15, 0.2) is 66.7 Å². The van der Waals surface area contributed by atoms with Crippen molar-refractivity contribution in [3.05, 3.63) is 77.9 Å². The summed E-state index contributed by atoms with van der Waals surface area (Å²) < 4.78 is 5.42. The zero-order valence-electron chi connectivity index (χ0n) is 23.6. The second kappa shape index (κ2) is 12.1. The Kier molecular flexibility index (Phi) is 8.61. The van der Waals surface area contributed by atoms with Crippen molar-refractivity contribution in [1.82, 2.24) is 9.80 Å². The van der Waals surface area contributed by atoms with Crippen LogP contribution in [-0.2, 0) is 9.53 Å². The molecule has 4 amide bonds. The van der Waals surface area contributed by atoms with E-state index in [0.29, 0.717) is 48.7 Å². The minimum absolute atomic E-state index is 0.0725. The number of nitrogens with zero attached hydrogens (tertiary/aromatic N) is 2. The molecule has 3 aromatic carbocycles. The second-order valence-corrected chi connectivity index (χ2v) is 10.8. The zero-order chi connectivity index (χ0) is 29.7. The lowest BCUT2D eigenvalue weighted by Crippen LogP contribution is -2.51. The van der Waals surface area contributed by atoms with Crippen LogP contribution in [0.1, 0.15) is 48.4 Å². The fourth-order valence-corrected chi connectivity index (χ4v) is 4.36. The molecule has 0 radical (unpaired) electrons. The van der Waals surface area contributed by atoms with Gasteiger partial charge >= 0.3 is 6.09 Å². The van der Waals surface area contributed by atoms with Crippen molar-refractivity contribution < 1.29 is 29.0 Å². The molecule has 0 spiro atoms. The number of piperazine rings is 1. The van der Waals surface area contributed by atoms with Crippen LogP contribution in [0.25, 0.3) is 11.1 Å². The smallest absolute Gasteiger partial charge is 0.410 e. The molecule has 1 aliphatic rings. The van der Waals surface area contributed by atoms with Crippen LogP contribution in [0.5, 0.6) is 5.75 Å². The van der Waals surface area contributed by atoms with Gasteiger partial charge in [0.1, 0.15) is 11.4 Å². The average Bonchev–Trinajstić information content (AvgIpc) is 2.92. The second-order valence-electron chi connectivity index (χ2n) is 10.8. The lowest BCUT2D eigenvalue weighted by molar-refractivity contribution is -0.114. The van der Waals surface area contributed by atoms with Crippen LogP contribution >= 0.6 is 0 Å². The molecule has 3 N–H and O–H groups in total. The minimum atomic E-state index is -0.576. The number of ether oxygens (including phenoxy) is 1. The molecule has 1 heterocycles. The van der Waals surface area contributed by atoms with Crippen molar-refractivity contribution in [2.75, 3.05) is 36.8 Å². The first-order valence-corrected chi connectivity index (χ1v) is 13.3. The molecule has 10 heteroatoms. The van der Waals surface area contributed by atoms with Crippen LogP contribution in [0.4, 0.5) is 16.2 Å². The Labute approximate surface area is 238 Å². The highest BCUT2D eigenvalue weighted by atomic mass is 16.6. The van der Waals surface area contributed by atoms with E-state index in [1.165, 1.54) is 13.0 Å². The molecule has 3 aromatic rings. The Morgan fingerprint density at radius 2 is 1.29 bits per heavy atom. The van der Waals surface area contributed by atoms with E-state index in [4.69, 9.17) is 4.74 Å². The zero-order valence-corrected chi connectivity index (χ0v) is 23.6. The van der Waals surface area contributed by atoms with Gasteiger partial charge in [0.05, 0.1) is 0 Å². The number of phenolic OH excluding ortho intramolecular Hbond substituents is 1. The van der Waals surface area contributed by atoms with Gasteiger partial charge in [-0.1, -0.05) is 12.1 Å². The first-order valence-electron chi connectivity index (χ1n) is 13.3. The van der Waals surface area contributed by atoms with Gasteiger partial charge in [-0.25, -0.2) is 4.79 Å². The maximum Gasteiger partial charge on any atom is 0.410 e. The number of carbonyl (C=O) groups excluding carboxylic acids is 4. The molecule has 0 atom stereocenters. The summed E-state index contributed by atoms with van der Waals surface area (Å²) in [4.78, 5) is 52.8. The van der Waals surface area contributed by atoms with E-state index in [0.717, 1.165) is 5.56 Å². The predicted octanol–water partition coefficient (Wildman–Crippen LogP) is 4.96. The molecule has 10 nitrogen and oxygen atoms in total. The van der Waals surface area contributed by atoms with Gasteiger partial charge in [0.15, 0.2) is 0 Å². The van der Waals surface area contributed by atoms with Crippen molar-refractivity contribution in [2.45, 2.75) is 33.3 Å². The summed E-state index contributed by atoms with van der Waals surface area (Å²) in [5.41, 5.74) is 2.66. The van der Waals surface area contributed by atoms with Gasteiger partial charge in [-0.05, 0) is 86.5 Å². The highest BCUT2D eigenvalue weighted by Crippen LogP contribution is 2.27. The summed E-state index contributed by atoms with van der Waals surface area (Å²) in [6.45, 7) is 8.46. The quantitative estimate of drug-likeness (QED) is 0.406. The van der Waals surface area contributed by atoms with Crippen molar-refractivity contribution in [2.24, 2.45) is 0 Å². The number of hydrogen-bond acceptors (Lipinski definition) is 6. The van der Waals surface area contributed by atoms with E-state index >= 15 is 0 Å². The Morgan fingerprint density at radius 3 is 1.85 bits per heavy atom. The van der Waals surface area contributed by atoms with E-state index in [1.54, 1.807) is 70.5 Å². The molecule has 1 saturated heterocycles. The van der Waals surface area contributed by atoms with Crippen molar-refractivity contribution in [3.63, 3.8) is 0 Å². The predicted molar refractivity (Wildman–Crippen MR) is 156 cm³/mol. The third kappa shape index (κ3) is 7.84. The fraction of sp³-hybridized carbons (Fsp3) is 0.290.